The number of hydrogen-bond acceptors (Lipinski definition) is 2. The van der Waals surface area contributed by atoms with E-state index in [0.29, 0.717) is 11.4 Å². The Labute approximate surface area is 131 Å². The van der Waals surface area contributed by atoms with Crippen LogP contribution in [0.3, 0.4) is 0 Å². The van der Waals surface area contributed by atoms with Crippen LogP contribution in [0.4, 0.5) is 0 Å². The highest BCUT2D eigenvalue weighted by Gasteiger charge is 2.29. The molecule has 2 aromatic rings. The zero-order chi connectivity index (χ0) is 14.3. The summed E-state index contributed by atoms with van der Waals surface area (Å²) in [6.45, 7) is 2.00. The molecule has 0 fully saturated rings. The monoisotopic (exact) mass is 352 g/mol. The van der Waals surface area contributed by atoms with E-state index in [4.69, 9.17) is 16.3 Å². The number of rotatable bonds is 1. The van der Waals surface area contributed by atoms with E-state index >= 15 is 0 Å². The third kappa shape index (κ3) is 2.58. The van der Waals surface area contributed by atoms with Gasteiger partial charge in [-0.1, -0.05) is 39.2 Å². The van der Waals surface area contributed by atoms with Crippen molar-refractivity contribution in [2.75, 3.05) is 0 Å². The van der Waals surface area contributed by atoms with Crippen molar-refractivity contribution in [2.24, 2.45) is 0 Å². The molecule has 1 aliphatic heterocycles. The minimum Gasteiger partial charge on any atom is -0.485 e. The lowest BCUT2D eigenvalue weighted by Gasteiger charge is -2.30. The van der Waals surface area contributed by atoms with Crippen molar-refractivity contribution in [1.82, 2.24) is 0 Å². The Morgan fingerprint density at radius 1 is 1.20 bits per heavy atom. The SMILES string of the molecule is Cc1ccc2c(c1)[C@@H](O)CC(c1cc(Br)ccc1Cl)O2. The van der Waals surface area contributed by atoms with Crippen molar-refractivity contribution in [3.8, 4) is 5.75 Å². The number of benzene rings is 2. The molecule has 0 amide bonds. The summed E-state index contributed by atoms with van der Waals surface area (Å²) < 4.78 is 6.96. The second kappa shape index (κ2) is 5.40. The van der Waals surface area contributed by atoms with Gasteiger partial charge < -0.3 is 9.84 Å². The average molecular weight is 354 g/mol. The molecule has 2 aromatic carbocycles. The van der Waals surface area contributed by atoms with E-state index < -0.39 is 6.10 Å². The van der Waals surface area contributed by atoms with E-state index in [1.165, 1.54) is 0 Å². The first-order chi connectivity index (χ1) is 9.54. The molecule has 0 aliphatic carbocycles. The maximum atomic E-state index is 10.3. The summed E-state index contributed by atoms with van der Waals surface area (Å²) in [5, 5.41) is 11.0. The van der Waals surface area contributed by atoms with Crippen LogP contribution in [0.2, 0.25) is 5.02 Å². The molecule has 0 aromatic heterocycles. The molecular formula is C16H14BrClO2. The molecule has 0 radical (unpaired) electrons. The molecule has 3 rings (SSSR count). The number of aliphatic hydroxyl groups excluding tert-OH is 1. The highest BCUT2D eigenvalue weighted by Crippen LogP contribution is 2.43. The third-order valence-corrected chi connectivity index (χ3v) is 4.37. The Hall–Kier alpha value is -1.03. The molecule has 1 aliphatic rings. The number of hydrogen-bond donors (Lipinski definition) is 1. The van der Waals surface area contributed by atoms with Gasteiger partial charge >= 0.3 is 0 Å². The number of aryl methyl sites for hydroxylation is 1. The van der Waals surface area contributed by atoms with Gasteiger partial charge in [-0.05, 0) is 37.3 Å². The van der Waals surface area contributed by atoms with Gasteiger partial charge in [0.2, 0.25) is 0 Å². The van der Waals surface area contributed by atoms with Crippen LogP contribution in [0.15, 0.2) is 40.9 Å². The van der Waals surface area contributed by atoms with Crippen molar-refractivity contribution in [1.29, 1.82) is 0 Å². The zero-order valence-corrected chi connectivity index (χ0v) is 13.3. The minimum absolute atomic E-state index is 0.231. The minimum atomic E-state index is -0.529. The van der Waals surface area contributed by atoms with Gasteiger partial charge in [0.1, 0.15) is 11.9 Å². The van der Waals surface area contributed by atoms with E-state index in [9.17, 15) is 5.11 Å². The second-order valence-electron chi connectivity index (χ2n) is 5.07. The van der Waals surface area contributed by atoms with Gasteiger partial charge in [0, 0.05) is 27.0 Å². The molecule has 1 N–H and O–H groups in total. The van der Waals surface area contributed by atoms with Gasteiger partial charge in [-0.15, -0.1) is 0 Å². The summed E-state index contributed by atoms with van der Waals surface area (Å²) in [7, 11) is 0. The Kier molecular flexibility index (Phi) is 3.76. The molecule has 104 valence electrons. The van der Waals surface area contributed by atoms with Crippen molar-refractivity contribution < 1.29 is 9.84 Å². The van der Waals surface area contributed by atoms with Gasteiger partial charge in [-0.3, -0.25) is 0 Å². The highest BCUT2D eigenvalue weighted by atomic mass is 79.9. The van der Waals surface area contributed by atoms with Crippen LogP contribution in [-0.4, -0.2) is 5.11 Å². The molecule has 0 saturated carbocycles. The summed E-state index contributed by atoms with van der Waals surface area (Å²) in [4.78, 5) is 0. The molecule has 0 bridgehead atoms. The predicted molar refractivity (Wildman–Crippen MR) is 83.3 cm³/mol. The Morgan fingerprint density at radius 2 is 2.00 bits per heavy atom. The maximum Gasteiger partial charge on any atom is 0.128 e. The largest absolute Gasteiger partial charge is 0.485 e. The highest BCUT2D eigenvalue weighted by molar-refractivity contribution is 9.10. The van der Waals surface area contributed by atoms with Crippen LogP contribution in [0.25, 0.3) is 0 Å². The van der Waals surface area contributed by atoms with Crippen molar-refractivity contribution in [2.45, 2.75) is 25.6 Å². The molecule has 20 heavy (non-hydrogen) atoms. The molecule has 2 nitrogen and oxygen atoms in total. The zero-order valence-electron chi connectivity index (χ0n) is 10.9. The number of halogens is 2. The van der Waals surface area contributed by atoms with E-state index in [1.54, 1.807) is 0 Å². The summed E-state index contributed by atoms with van der Waals surface area (Å²) >= 11 is 9.69. The van der Waals surface area contributed by atoms with Crippen LogP contribution >= 0.6 is 27.5 Å². The van der Waals surface area contributed by atoms with Crippen LogP contribution in [0, 0.1) is 6.92 Å². The van der Waals surface area contributed by atoms with Crippen molar-refractivity contribution >= 4 is 27.5 Å². The number of aliphatic hydroxyl groups is 1. The van der Waals surface area contributed by atoms with Crippen LogP contribution in [0.5, 0.6) is 5.75 Å². The standard InChI is InChI=1S/C16H14BrClO2/c1-9-2-5-15-12(6-9)14(19)8-16(20-15)11-7-10(17)3-4-13(11)18/h2-7,14,16,19H,8H2,1H3/t14-,16?/m0/s1. The maximum absolute atomic E-state index is 10.3. The Bertz CT molecular complexity index is 657. The summed E-state index contributed by atoms with van der Waals surface area (Å²) in [6.07, 6.45) is -0.254. The fourth-order valence-electron chi connectivity index (χ4n) is 2.52. The van der Waals surface area contributed by atoms with E-state index in [2.05, 4.69) is 15.9 Å². The predicted octanol–water partition coefficient (Wildman–Crippen LogP) is 4.97. The molecule has 1 heterocycles. The normalized spacial score (nSPS) is 21.2. The van der Waals surface area contributed by atoms with Gasteiger partial charge in [0.05, 0.1) is 6.10 Å². The Balaban J connectivity index is 1.99. The quantitative estimate of drug-likeness (QED) is 0.784. The lowest BCUT2D eigenvalue weighted by Crippen LogP contribution is -2.19. The molecule has 2 atom stereocenters. The van der Waals surface area contributed by atoms with Crippen LogP contribution < -0.4 is 4.74 Å². The molecule has 4 heteroatoms. The van der Waals surface area contributed by atoms with Gasteiger partial charge in [-0.2, -0.15) is 0 Å². The first kappa shape index (κ1) is 13.9. The lowest BCUT2D eigenvalue weighted by atomic mass is 9.94. The van der Waals surface area contributed by atoms with Crippen LogP contribution in [0.1, 0.15) is 35.3 Å². The molecule has 0 saturated heterocycles. The first-order valence-corrected chi connectivity index (χ1v) is 7.62. The third-order valence-electron chi connectivity index (χ3n) is 3.54. The average Bonchev–Trinajstić information content (AvgIpc) is 2.42. The number of fused-ring (bicyclic) bond motifs is 1. The van der Waals surface area contributed by atoms with Crippen molar-refractivity contribution in [3.05, 3.63) is 62.6 Å². The first-order valence-electron chi connectivity index (χ1n) is 6.45. The summed E-state index contributed by atoms with van der Waals surface area (Å²) in [5.41, 5.74) is 2.86. The van der Waals surface area contributed by atoms with Gasteiger partial charge in [-0.25, -0.2) is 0 Å². The lowest BCUT2D eigenvalue weighted by molar-refractivity contribution is 0.0657. The van der Waals surface area contributed by atoms with Gasteiger partial charge in [0.25, 0.3) is 0 Å². The summed E-state index contributed by atoms with van der Waals surface area (Å²) in [5.74, 6) is 0.732. The Morgan fingerprint density at radius 3 is 2.80 bits per heavy atom. The van der Waals surface area contributed by atoms with E-state index in [1.807, 2.05) is 43.3 Å². The summed E-state index contributed by atoms with van der Waals surface area (Å²) in [6, 6.07) is 11.5. The van der Waals surface area contributed by atoms with Crippen LogP contribution in [-0.2, 0) is 0 Å². The fourth-order valence-corrected chi connectivity index (χ4v) is 3.14. The topological polar surface area (TPSA) is 29.5 Å². The number of ether oxygens (including phenoxy) is 1. The van der Waals surface area contributed by atoms with E-state index in [0.717, 1.165) is 26.9 Å². The fraction of sp³-hybridized carbons (Fsp3) is 0.250. The molecule has 1 unspecified atom stereocenters. The van der Waals surface area contributed by atoms with Crippen molar-refractivity contribution in [3.63, 3.8) is 0 Å². The van der Waals surface area contributed by atoms with E-state index in [-0.39, 0.29) is 6.10 Å². The molecular weight excluding hydrogens is 340 g/mol. The second-order valence-corrected chi connectivity index (χ2v) is 6.39. The molecule has 0 spiro atoms. The smallest absolute Gasteiger partial charge is 0.128 e. The van der Waals surface area contributed by atoms with Gasteiger partial charge in [0.15, 0.2) is 0 Å².